The zero-order chi connectivity index (χ0) is 24.4. The number of ether oxygens (including phenoxy) is 1. The lowest BCUT2D eigenvalue weighted by molar-refractivity contribution is -0.136. The molecule has 0 saturated carbocycles. The number of hydrogen-bond donors (Lipinski definition) is 0. The van der Waals surface area contributed by atoms with Crippen LogP contribution < -0.4 is 5.01 Å². The number of amides is 1. The number of carbonyl (C=O) groups excluding carboxylic acids is 2. The largest absolute Gasteiger partial charge is 0.467 e. The Morgan fingerprint density at radius 1 is 1.03 bits per heavy atom. The van der Waals surface area contributed by atoms with E-state index >= 15 is 0 Å². The molecule has 2 aliphatic rings. The molecule has 1 atom stereocenters. The molecule has 0 aliphatic carbocycles. The summed E-state index contributed by atoms with van der Waals surface area (Å²) in [5.74, 6) is -0.353. The lowest BCUT2D eigenvalue weighted by Crippen LogP contribution is -2.31. The molecule has 0 saturated heterocycles. The van der Waals surface area contributed by atoms with Crippen LogP contribution in [-0.2, 0) is 9.53 Å². The second kappa shape index (κ2) is 9.58. The summed E-state index contributed by atoms with van der Waals surface area (Å²) in [5.41, 5.74) is 5.22. The van der Waals surface area contributed by atoms with Gasteiger partial charge in [-0.15, -0.1) is 0 Å². The number of nitrogens with zero attached hydrogens (tertiary/aromatic N) is 4. The third kappa shape index (κ3) is 4.87. The van der Waals surface area contributed by atoms with Crippen LogP contribution in [0.5, 0.6) is 0 Å². The Hall–Kier alpha value is -4.20. The van der Waals surface area contributed by atoms with Crippen LogP contribution in [-0.4, -0.2) is 41.5 Å². The van der Waals surface area contributed by atoms with Gasteiger partial charge in [0.25, 0.3) is 5.91 Å². The molecule has 1 aromatic heterocycles. The van der Waals surface area contributed by atoms with Crippen molar-refractivity contribution in [2.24, 2.45) is 10.2 Å². The van der Waals surface area contributed by atoms with Crippen molar-refractivity contribution in [3.05, 3.63) is 89.4 Å². The molecule has 2 aliphatic heterocycles. The van der Waals surface area contributed by atoms with Crippen molar-refractivity contribution in [3.8, 4) is 0 Å². The number of esters is 1. The molecule has 0 spiro atoms. The number of rotatable bonds is 6. The fourth-order valence-electron chi connectivity index (χ4n) is 4.17. The molecule has 8 nitrogen and oxygen atoms in total. The molecule has 3 heterocycles. The normalized spacial score (nSPS) is 17.4. The molecule has 178 valence electrons. The number of hydrazone groups is 2. The van der Waals surface area contributed by atoms with Crippen LogP contribution in [0.4, 0.5) is 5.69 Å². The number of aryl methyl sites for hydroxylation is 1. The van der Waals surface area contributed by atoms with Gasteiger partial charge in [0.15, 0.2) is 6.61 Å². The Labute approximate surface area is 203 Å². The van der Waals surface area contributed by atoms with Crippen molar-refractivity contribution in [1.82, 2.24) is 5.01 Å². The standard InChI is InChI=1S/C27H26N4O4/c1-18-5-7-20(8-6-18)23-16-24(25-4-3-15-34-25)31(29-23)26(32)17-35-27(33)21-9-11-22(12-10-21)30-14-13-19(2)28-30/h3-12,15,24H,13-14,16-17H2,1-2H3/t24-/m1/s1. The second-order valence-corrected chi connectivity index (χ2v) is 8.72. The van der Waals surface area contributed by atoms with E-state index in [1.54, 1.807) is 24.5 Å². The summed E-state index contributed by atoms with van der Waals surface area (Å²) < 4.78 is 10.9. The number of benzene rings is 2. The first-order valence-electron chi connectivity index (χ1n) is 11.6. The monoisotopic (exact) mass is 470 g/mol. The Bertz CT molecular complexity index is 1280. The van der Waals surface area contributed by atoms with Crippen molar-refractivity contribution in [2.45, 2.75) is 32.7 Å². The highest BCUT2D eigenvalue weighted by Gasteiger charge is 2.35. The Morgan fingerprint density at radius 2 is 1.80 bits per heavy atom. The van der Waals surface area contributed by atoms with Gasteiger partial charge in [-0.3, -0.25) is 9.80 Å². The highest BCUT2D eigenvalue weighted by Crippen LogP contribution is 2.33. The predicted octanol–water partition coefficient (Wildman–Crippen LogP) is 4.71. The van der Waals surface area contributed by atoms with Gasteiger partial charge < -0.3 is 9.15 Å². The summed E-state index contributed by atoms with van der Waals surface area (Å²) in [4.78, 5) is 25.6. The molecule has 0 unspecified atom stereocenters. The molecule has 8 heteroatoms. The van der Waals surface area contributed by atoms with Crippen molar-refractivity contribution in [3.63, 3.8) is 0 Å². The minimum Gasteiger partial charge on any atom is -0.467 e. The second-order valence-electron chi connectivity index (χ2n) is 8.72. The quantitative estimate of drug-likeness (QED) is 0.487. The summed E-state index contributed by atoms with van der Waals surface area (Å²) in [6.45, 7) is 4.41. The Balaban J connectivity index is 1.26. The zero-order valence-corrected chi connectivity index (χ0v) is 19.7. The van der Waals surface area contributed by atoms with Crippen LogP contribution in [0.25, 0.3) is 0 Å². The van der Waals surface area contributed by atoms with Crippen LogP contribution in [0, 0.1) is 6.92 Å². The third-order valence-corrected chi connectivity index (χ3v) is 6.13. The average Bonchev–Trinajstić information content (AvgIpc) is 3.63. The SMILES string of the molecule is CC1=NN(c2ccc(C(=O)OCC(=O)N3N=C(c4ccc(C)cc4)C[C@@H]3c3ccco3)cc2)CC1. The molecule has 0 fully saturated rings. The number of hydrogen-bond acceptors (Lipinski definition) is 7. The van der Waals surface area contributed by atoms with E-state index in [-0.39, 0.29) is 0 Å². The lowest BCUT2D eigenvalue weighted by atomic mass is 10.0. The molecular formula is C27H26N4O4. The van der Waals surface area contributed by atoms with E-state index in [4.69, 9.17) is 9.15 Å². The average molecular weight is 471 g/mol. The summed E-state index contributed by atoms with van der Waals surface area (Å²) in [6.07, 6.45) is 3.01. The van der Waals surface area contributed by atoms with E-state index in [0.717, 1.165) is 41.2 Å². The summed E-state index contributed by atoms with van der Waals surface area (Å²) >= 11 is 0. The minimum absolute atomic E-state index is 0.370. The van der Waals surface area contributed by atoms with Crippen LogP contribution >= 0.6 is 0 Å². The number of furan rings is 1. The zero-order valence-electron chi connectivity index (χ0n) is 19.7. The summed E-state index contributed by atoms with van der Waals surface area (Å²) in [6, 6.07) is 18.2. The van der Waals surface area contributed by atoms with Gasteiger partial charge in [-0.05, 0) is 55.8 Å². The Kier molecular flexibility index (Phi) is 6.18. The van der Waals surface area contributed by atoms with Gasteiger partial charge in [-0.25, -0.2) is 9.80 Å². The van der Waals surface area contributed by atoms with Gasteiger partial charge in [-0.1, -0.05) is 29.8 Å². The Morgan fingerprint density at radius 3 is 2.46 bits per heavy atom. The fourth-order valence-corrected chi connectivity index (χ4v) is 4.17. The molecule has 2 aromatic carbocycles. The summed E-state index contributed by atoms with van der Waals surface area (Å²) in [5, 5.41) is 12.3. The smallest absolute Gasteiger partial charge is 0.338 e. The molecule has 3 aromatic rings. The van der Waals surface area contributed by atoms with E-state index in [1.807, 2.05) is 61.3 Å². The first-order chi connectivity index (χ1) is 17.0. The lowest BCUT2D eigenvalue weighted by Gasteiger charge is -2.19. The van der Waals surface area contributed by atoms with Crippen molar-refractivity contribution in [1.29, 1.82) is 0 Å². The van der Waals surface area contributed by atoms with Crippen LogP contribution in [0.1, 0.15) is 53.1 Å². The topological polar surface area (TPSA) is 87.7 Å². The maximum atomic E-state index is 13.1. The minimum atomic E-state index is -0.567. The van der Waals surface area contributed by atoms with Gasteiger partial charge in [0.2, 0.25) is 0 Å². The van der Waals surface area contributed by atoms with Crippen molar-refractivity contribution < 1.29 is 18.7 Å². The van der Waals surface area contributed by atoms with Gasteiger partial charge in [-0.2, -0.15) is 10.2 Å². The highest BCUT2D eigenvalue weighted by molar-refractivity contribution is 6.03. The first-order valence-corrected chi connectivity index (χ1v) is 11.6. The van der Waals surface area contributed by atoms with E-state index in [1.165, 1.54) is 5.01 Å². The maximum absolute atomic E-state index is 13.1. The molecule has 35 heavy (non-hydrogen) atoms. The van der Waals surface area contributed by atoms with Gasteiger partial charge in [0, 0.05) is 25.1 Å². The number of carbonyl (C=O) groups is 2. The maximum Gasteiger partial charge on any atom is 0.338 e. The van der Waals surface area contributed by atoms with Crippen LogP contribution in [0.3, 0.4) is 0 Å². The van der Waals surface area contributed by atoms with E-state index in [2.05, 4.69) is 10.2 Å². The molecule has 1 amide bonds. The third-order valence-electron chi connectivity index (χ3n) is 6.13. The molecule has 5 rings (SSSR count). The van der Waals surface area contributed by atoms with Crippen LogP contribution in [0.15, 0.2) is 81.5 Å². The molecule has 0 radical (unpaired) electrons. The highest BCUT2D eigenvalue weighted by atomic mass is 16.5. The first kappa shape index (κ1) is 22.6. The molecular weight excluding hydrogens is 444 g/mol. The van der Waals surface area contributed by atoms with Crippen molar-refractivity contribution in [2.75, 3.05) is 18.2 Å². The molecule has 0 bridgehead atoms. The van der Waals surface area contributed by atoms with Gasteiger partial charge in [0.05, 0.1) is 23.2 Å². The van der Waals surface area contributed by atoms with E-state index in [0.29, 0.717) is 17.7 Å². The molecule has 0 N–H and O–H groups in total. The van der Waals surface area contributed by atoms with E-state index in [9.17, 15) is 9.59 Å². The summed E-state index contributed by atoms with van der Waals surface area (Å²) in [7, 11) is 0. The fraction of sp³-hybridized carbons (Fsp3) is 0.259. The number of anilines is 1. The van der Waals surface area contributed by atoms with E-state index < -0.39 is 24.5 Å². The van der Waals surface area contributed by atoms with Gasteiger partial charge in [0.1, 0.15) is 11.8 Å². The van der Waals surface area contributed by atoms with Gasteiger partial charge >= 0.3 is 5.97 Å². The van der Waals surface area contributed by atoms with Crippen molar-refractivity contribution >= 4 is 29.0 Å². The predicted molar refractivity (Wildman–Crippen MR) is 132 cm³/mol. The van der Waals surface area contributed by atoms with Crippen LogP contribution in [0.2, 0.25) is 0 Å².